The number of hydrogen-bond donors (Lipinski definition) is 1. The van der Waals surface area contributed by atoms with Crippen molar-refractivity contribution in [3.05, 3.63) is 24.3 Å². The minimum Gasteiger partial charge on any atom is -0.403 e. The molecular formula is C15H19N3O4S. The molecule has 1 aromatic carbocycles. The summed E-state index contributed by atoms with van der Waals surface area (Å²) in [6.45, 7) is 5.13. The van der Waals surface area contributed by atoms with Crippen molar-refractivity contribution in [3.63, 3.8) is 0 Å². The van der Waals surface area contributed by atoms with E-state index >= 15 is 0 Å². The second-order valence-corrected chi connectivity index (χ2v) is 7.84. The van der Waals surface area contributed by atoms with Crippen LogP contribution in [-0.4, -0.2) is 29.8 Å². The number of nitrogens with zero attached hydrogens (tertiary/aromatic N) is 2. The zero-order valence-corrected chi connectivity index (χ0v) is 14.1. The number of benzene rings is 1. The van der Waals surface area contributed by atoms with Crippen molar-refractivity contribution in [1.82, 2.24) is 10.2 Å². The van der Waals surface area contributed by atoms with E-state index in [1.165, 1.54) is 12.1 Å². The van der Waals surface area contributed by atoms with E-state index in [9.17, 15) is 13.2 Å². The lowest BCUT2D eigenvalue weighted by Gasteiger charge is -2.08. The molecule has 0 aliphatic heterocycles. The molecule has 1 heterocycles. The van der Waals surface area contributed by atoms with Crippen molar-refractivity contribution < 1.29 is 17.6 Å². The lowest BCUT2D eigenvalue weighted by Crippen LogP contribution is -2.13. The number of hydrogen-bond acceptors (Lipinski definition) is 6. The lowest BCUT2D eigenvalue weighted by molar-refractivity contribution is -0.116. The summed E-state index contributed by atoms with van der Waals surface area (Å²) < 4.78 is 29.8. The Morgan fingerprint density at radius 3 is 2.70 bits per heavy atom. The van der Waals surface area contributed by atoms with Gasteiger partial charge in [0.05, 0.1) is 10.1 Å². The Balaban J connectivity index is 2.27. The Kier molecular flexibility index (Phi) is 5.15. The van der Waals surface area contributed by atoms with Crippen LogP contribution in [0.3, 0.4) is 0 Å². The summed E-state index contributed by atoms with van der Waals surface area (Å²) in [5, 5.41) is 9.56. The van der Waals surface area contributed by atoms with Gasteiger partial charge < -0.3 is 4.42 Å². The van der Waals surface area contributed by atoms with Crippen molar-refractivity contribution >= 4 is 21.8 Å². The second kappa shape index (κ2) is 6.91. The number of amides is 1. The summed E-state index contributed by atoms with van der Waals surface area (Å²) in [6.07, 6.45) is 1.07. The molecule has 2 rings (SSSR count). The Hall–Kier alpha value is -2.22. The second-order valence-electron chi connectivity index (χ2n) is 5.33. The van der Waals surface area contributed by atoms with Crippen molar-refractivity contribution in [2.45, 2.75) is 43.8 Å². The smallest absolute Gasteiger partial charge is 0.322 e. The van der Waals surface area contributed by atoms with Crippen LogP contribution in [-0.2, 0) is 14.6 Å². The zero-order valence-electron chi connectivity index (χ0n) is 13.2. The highest BCUT2D eigenvalue weighted by Crippen LogP contribution is 2.24. The predicted molar refractivity (Wildman–Crippen MR) is 85.6 cm³/mol. The zero-order chi connectivity index (χ0) is 17.0. The van der Waals surface area contributed by atoms with Gasteiger partial charge in [-0.15, -0.1) is 5.10 Å². The Bertz CT molecular complexity index is 797. The molecule has 1 N–H and O–H groups in total. The third-order valence-electron chi connectivity index (χ3n) is 3.18. The average Bonchev–Trinajstić information content (AvgIpc) is 2.96. The van der Waals surface area contributed by atoms with Gasteiger partial charge in [-0.1, -0.05) is 18.1 Å². The number of sulfone groups is 1. The molecule has 124 valence electrons. The molecule has 1 aromatic heterocycles. The highest BCUT2D eigenvalue weighted by molar-refractivity contribution is 7.92. The maximum absolute atomic E-state index is 12.2. The molecule has 8 heteroatoms. The summed E-state index contributed by atoms with van der Waals surface area (Å²) >= 11 is 0. The van der Waals surface area contributed by atoms with E-state index in [1.54, 1.807) is 26.0 Å². The van der Waals surface area contributed by atoms with Gasteiger partial charge in [-0.3, -0.25) is 10.1 Å². The number of carbonyl (C=O) groups excluding carboxylic acids is 1. The van der Waals surface area contributed by atoms with Crippen LogP contribution in [0.5, 0.6) is 0 Å². The summed E-state index contributed by atoms with van der Waals surface area (Å²) in [4.78, 5) is 11.7. The van der Waals surface area contributed by atoms with Gasteiger partial charge in [-0.2, -0.15) is 0 Å². The molecular weight excluding hydrogens is 318 g/mol. The fourth-order valence-corrected chi connectivity index (χ4v) is 2.98. The van der Waals surface area contributed by atoms with E-state index < -0.39 is 15.1 Å². The van der Waals surface area contributed by atoms with Crippen LogP contribution in [0.2, 0.25) is 0 Å². The van der Waals surface area contributed by atoms with Crippen LogP contribution in [0, 0.1) is 0 Å². The third kappa shape index (κ3) is 3.95. The molecule has 0 fully saturated rings. The SMILES string of the molecule is CCCC(=O)Nc1nnc(-c2cccc(S(=O)(=O)C(C)C)c2)o1. The normalized spacial score (nSPS) is 11.7. The Labute approximate surface area is 135 Å². The molecule has 0 saturated carbocycles. The fourth-order valence-electron chi connectivity index (χ4n) is 1.88. The van der Waals surface area contributed by atoms with Crippen LogP contribution in [0.25, 0.3) is 11.5 Å². The fraction of sp³-hybridized carbons (Fsp3) is 0.400. The maximum atomic E-state index is 12.2. The molecule has 0 aliphatic carbocycles. The van der Waals surface area contributed by atoms with Gasteiger partial charge in [-0.05, 0) is 38.5 Å². The quantitative estimate of drug-likeness (QED) is 0.869. The van der Waals surface area contributed by atoms with Crippen LogP contribution < -0.4 is 5.32 Å². The van der Waals surface area contributed by atoms with Gasteiger partial charge in [0.15, 0.2) is 9.84 Å². The van der Waals surface area contributed by atoms with Gasteiger partial charge in [-0.25, -0.2) is 8.42 Å². The highest BCUT2D eigenvalue weighted by atomic mass is 32.2. The number of aromatic nitrogens is 2. The largest absolute Gasteiger partial charge is 0.403 e. The van der Waals surface area contributed by atoms with Gasteiger partial charge in [0.2, 0.25) is 11.8 Å². The van der Waals surface area contributed by atoms with Crippen molar-refractivity contribution in [2.24, 2.45) is 0 Å². The molecule has 0 saturated heterocycles. The van der Waals surface area contributed by atoms with Crippen molar-refractivity contribution in [3.8, 4) is 11.5 Å². The van der Waals surface area contributed by atoms with Crippen LogP contribution in [0.1, 0.15) is 33.6 Å². The molecule has 23 heavy (non-hydrogen) atoms. The number of rotatable bonds is 6. The van der Waals surface area contributed by atoms with E-state index in [0.29, 0.717) is 18.4 Å². The Morgan fingerprint density at radius 1 is 1.30 bits per heavy atom. The lowest BCUT2D eigenvalue weighted by atomic mass is 10.2. The van der Waals surface area contributed by atoms with Gasteiger partial charge in [0.25, 0.3) is 0 Å². The first-order valence-corrected chi connectivity index (χ1v) is 8.87. The van der Waals surface area contributed by atoms with Gasteiger partial charge >= 0.3 is 6.01 Å². The number of anilines is 1. The standard InChI is InChI=1S/C15H19N3O4S/c1-4-6-13(19)16-15-18-17-14(22-15)11-7-5-8-12(9-11)23(20,21)10(2)3/h5,7-10H,4,6H2,1-3H3,(H,16,18,19). The summed E-state index contributed by atoms with van der Waals surface area (Å²) in [5.41, 5.74) is 0.482. The first-order chi connectivity index (χ1) is 10.8. The third-order valence-corrected chi connectivity index (χ3v) is 5.33. The minimum atomic E-state index is -3.39. The molecule has 0 unspecified atom stereocenters. The average molecular weight is 337 g/mol. The van der Waals surface area contributed by atoms with Gasteiger partial charge in [0, 0.05) is 12.0 Å². The van der Waals surface area contributed by atoms with E-state index in [4.69, 9.17) is 4.42 Å². The number of nitrogens with one attached hydrogen (secondary N) is 1. The highest BCUT2D eigenvalue weighted by Gasteiger charge is 2.20. The van der Waals surface area contributed by atoms with E-state index in [1.807, 2.05) is 6.92 Å². The topological polar surface area (TPSA) is 102 Å². The molecule has 7 nitrogen and oxygen atoms in total. The van der Waals surface area contributed by atoms with E-state index in [-0.39, 0.29) is 22.7 Å². The van der Waals surface area contributed by atoms with Gasteiger partial charge in [0.1, 0.15) is 0 Å². The van der Waals surface area contributed by atoms with Crippen LogP contribution >= 0.6 is 0 Å². The van der Waals surface area contributed by atoms with E-state index in [2.05, 4.69) is 15.5 Å². The summed E-state index contributed by atoms with van der Waals surface area (Å²) in [7, 11) is -3.39. The first kappa shape index (κ1) is 17.1. The molecule has 2 aromatic rings. The summed E-state index contributed by atoms with van der Waals surface area (Å²) in [6, 6.07) is 6.30. The molecule has 0 aliphatic rings. The number of carbonyl (C=O) groups is 1. The molecule has 0 radical (unpaired) electrons. The van der Waals surface area contributed by atoms with E-state index in [0.717, 1.165) is 0 Å². The summed E-state index contributed by atoms with van der Waals surface area (Å²) in [5.74, 6) is -0.0589. The maximum Gasteiger partial charge on any atom is 0.322 e. The Morgan fingerprint density at radius 2 is 2.04 bits per heavy atom. The monoisotopic (exact) mass is 337 g/mol. The molecule has 1 amide bonds. The molecule has 0 atom stereocenters. The molecule has 0 spiro atoms. The van der Waals surface area contributed by atoms with Crippen LogP contribution in [0.4, 0.5) is 6.01 Å². The van der Waals surface area contributed by atoms with Crippen molar-refractivity contribution in [2.75, 3.05) is 5.32 Å². The molecule has 0 bridgehead atoms. The predicted octanol–water partition coefficient (Wildman–Crippen LogP) is 2.66. The van der Waals surface area contributed by atoms with Crippen LogP contribution in [0.15, 0.2) is 33.6 Å². The van der Waals surface area contributed by atoms with Crippen molar-refractivity contribution in [1.29, 1.82) is 0 Å². The first-order valence-electron chi connectivity index (χ1n) is 7.32. The minimum absolute atomic E-state index is 0.00410.